The van der Waals surface area contributed by atoms with E-state index in [2.05, 4.69) is 31.1 Å². The molecule has 3 heteroatoms. The molecule has 0 amide bonds. The zero-order valence-corrected chi connectivity index (χ0v) is 10.3. The fraction of sp³-hybridized carbons (Fsp3) is 1.00. The van der Waals surface area contributed by atoms with Gasteiger partial charge in [0.2, 0.25) is 0 Å². The molecular formula is C12H24N2O. The first-order valence-electron chi connectivity index (χ1n) is 6.12. The summed E-state index contributed by atoms with van der Waals surface area (Å²) in [4.78, 5) is 2.43. The van der Waals surface area contributed by atoms with Gasteiger partial charge in [-0.15, -0.1) is 0 Å². The molecule has 3 nitrogen and oxygen atoms in total. The topological polar surface area (TPSA) is 24.5 Å². The molecule has 2 heterocycles. The molecule has 2 aliphatic heterocycles. The molecule has 0 radical (unpaired) electrons. The number of likely N-dealkylation sites (N-methyl/N-ethyl adjacent to an activating group) is 1. The molecule has 0 spiro atoms. The van der Waals surface area contributed by atoms with E-state index in [0.29, 0.717) is 11.5 Å². The molecule has 1 N–H and O–H groups in total. The predicted molar refractivity (Wildman–Crippen MR) is 62.0 cm³/mol. The number of hydrogen-bond donors (Lipinski definition) is 1. The van der Waals surface area contributed by atoms with Gasteiger partial charge in [0.1, 0.15) is 0 Å². The quantitative estimate of drug-likeness (QED) is 0.754. The Morgan fingerprint density at radius 3 is 2.67 bits per heavy atom. The van der Waals surface area contributed by atoms with Crippen LogP contribution >= 0.6 is 0 Å². The Hall–Kier alpha value is -0.120. The number of hydrogen-bond acceptors (Lipinski definition) is 3. The molecule has 2 rings (SSSR count). The second-order valence-corrected chi connectivity index (χ2v) is 5.72. The van der Waals surface area contributed by atoms with E-state index in [-0.39, 0.29) is 0 Å². The number of rotatable bonds is 3. The van der Waals surface area contributed by atoms with Crippen LogP contribution in [0.15, 0.2) is 0 Å². The zero-order valence-electron chi connectivity index (χ0n) is 10.3. The molecule has 0 aromatic carbocycles. The van der Waals surface area contributed by atoms with Crippen LogP contribution in [0.3, 0.4) is 0 Å². The van der Waals surface area contributed by atoms with Gasteiger partial charge in [-0.3, -0.25) is 0 Å². The molecule has 88 valence electrons. The maximum atomic E-state index is 5.47. The number of nitrogens with zero attached hydrogens (tertiary/aromatic N) is 1. The molecular weight excluding hydrogens is 188 g/mol. The van der Waals surface area contributed by atoms with Gasteiger partial charge < -0.3 is 15.0 Å². The molecule has 2 aliphatic rings. The Morgan fingerprint density at radius 1 is 1.47 bits per heavy atom. The van der Waals surface area contributed by atoms with Gasteiger partial charge in [0.05, 0.1) is 13.2 Å². The minimum Gasteiger partial charge on any atom is -0.380 e. The van der Waals surface area contributed by atoms with Crippen LogP contribution in [0, 0.1) is 11.3 Å². The van der Waals surface area contributed by atoms with E-state index in [1.165, 1.54) is 19.5 Å². The van der Waals surface area contributed by atoms with Crippen molar-refractivity contribution in [2.24, 2.45) is 11.3 Å². The standard InChI is InChI=1S/C12H24N2O/c1-10(2)6-12(8-15-9-12)11-7-14(3)5-4-13-11/h10-11,13H,4-9H2,1-3H3. The summed E-state index contributed by atoms with van der Waals surface area (Å²) in [6.45, 7) is 10.0. The summed E-state index contributed by atoms with van der Waals surface area (Å²) in [5.41, 5.74) is 0.419. The van der Waals surface area contributed by atoms with E-state index < -0.39 is 0 Å². The summed E-state index contributed by atoms with van der Waals surface area (Å²) >= 11 is 0. The number of nitrogens with one attached hydrogen (secondary N) is 1. The van der Waals surface area contributed by atoms with Crippen molar-refractivity contribution in [1.82, 2.24) is 10.2 Å². The number of ether oxygens (including phenoxy) is 1. The Bertz CT molecular complexity index is 214. The van der Waals surface area contributed by atoms with Crippen LogP contribution in [0.2, 0.25) is 0 Å². The van der Waals surface area contributed by atoms with Gasteiger partial charge in [0, 0.05) is 31.1 Å². The van der Waals surface area contributed by atoms with Crippen LogP contribution in [0.25, 0.3) is 0 Å². The third-order valence-corrected chi connectivity index (χ3v) is 3.71. The second kappa shape index (κ2) is 4.40. The van der Waals surface area contributed by atoms with Gasteiger partial charge >= 0.3 is 0 Å². The number of piperazine rings is 1. The highest BCUT2D eigenvalue weighted by Crippen LogP contribution is 2.38. The lowest BCUT2D eigenvalue weighted by atomic mass is 9.71. The lowest BCUT2D eigenvalue weighted by molar-refractivity contribution is -0.148. The maximum Gasteiger partial charge on any atom is 0.0560 e. The third kappa shape index (κ3) is 2.35. The first-order valence-corrected chi connectivity index (χ1v) is 6.12. The van der Waals surface area contributed by atoms with Gasteiger partial charge in [-0.25, -0.2) is 0 Å². The Balaban J connectivity index is 1.98. The fourth-order valence-electron chi connectivity index (χ4n) is 2.95. The van der Waals surface area contributed by atoms with E-state index in [1.54, 1.807) is 0 Å². The van der Waals surface area contributed by atoms with Gasteiger partial charge in [0.25, 0.3) is 0 Å². The van der Waals surface area contributed by atoms with Crippen molar-refractivity contribution in [3.05, 3.63) is 0 Å². The maximum absolute atomic E-state index is 5.47. The molecule has 2 fully saturated rings. The van der Waals surface area contributed by atoms with Crippen molar-refractivity contribution in [1.29, 1.82) is 0 Å². The SMILES string of the molecule is CC(C)CC1(C2CN(C)CCN2)COC1. The van der Waals surface area contributed by atoms with Crippen molar-refractivity contribution < 1.29 is 4.74 Å². The largest absolute Gasteiger partial charge is 0.380 e. The van der Waals surface area contributed by atoms with Crippen LogP contribution in [-0.2, 0) is 4.74 Å². The van der Waals surface area contributed by atoms with E-state index in [4.69, 9.17) is 4.74 Å². The fourth-order valence-corrected chi connectivity index (χ4v) is 2.95. The van der Waals surface area contributed by atoms with Crippen molar-refractivity contribution in [3.8, 4) is 0 Å². The lowest BCUT2D eigenvalue weighted by Crippen LogP contribution is -2.64. The van der Waals surface area contributed by atoms with Crippen molar-refractivity contribution in [2.45, 2.75) is 26.3 Å². The summed E-state index contributed by atoms with van der Waals surface area (Å²) in [5.74, 6) is 0.767. The van der Waals surface area contributed by atoms with E-state index >= 15 is 0 Å². The second-order valence-electron chi connectivity index (χ2n) is 5.72. The molecule has 1 unspecified atom stereocenters. The summed E-state index contributed by atoms with van der Waals surface area (Å²) in [6, 6.07) is 0.632. The first-order chi connectivity index (χ1) is 7.12. The van der Waals surface area contributed by atoms with Crippen LogP contribution in [0.4, 0.5) is 0 Å². The zero-order chi connectivity index (χ0) is 10.9. The smallest absolute Gasteiger partial charge is 0.0560 e. The van der Waals surface area contributed by atoms with E-state index in [0.717, 1.165) is 25.7 Å². The average molecular weight is 212 g/mol. The Labute approximate surface area is 93.2 Å². The van der Waals surface area contributed by atoms with Crippen LogP contribution in [0.1, 0.15) is 20.3 Å². The molecule has 2 saturated heterocycles. The van der Waals surface area contributed by atoms with Gasteiger partial charge in [-0.2, -0.15) is 0 Å². The van der Waals surface area contributed by atoms with Crippen molar-refractivity contribution in [2.75, 3.05) is 39.9 Å². The van der Waals surface area contributed by atoms with Crippen molar-refractivity contribution >= 4 is 0 Å². The molecule has 0 saturated carbocycles. The van der Waals surface area contributed by atoms with Crippen molar-refractivity contribution in [3.63, 3.8) is 0 Å². The minimum atomic E-state index is 0.419. The Kier molecular flexibility index (Phi) is 3.33. The van der Waals surface area contributed by atoms with Crippen LogP contribution in [0.5, 0.6) is 0 Å². The van der Waals surface area contributed by atoms with Crippen LogP contribution < -0.4 is 5.32 Å². The average Bonchev–Trinajstić information content (AvgIpc) is 2.11. The molecule has 0 aromatic heterocycles. The molecule has 0 aromatic rings. The molecule has 0 bridgehead atoms. The highest BCUT2D eigenvalue weighted by Gasteiger charge is 2.46. The molecule has 15 heavy (non-hydrogen) atoms. The normalized spacial score (nSPS) is 31.6. The minimum absolute atomic E-state index is 0.419. The monoisotopic (exact) mass is 212 g/mol. The van der Waals surface area contributed by atoms with E-state index in [1.807, 2.05) is 0 Å². The summed E-state index contributed by atoms with van der Waals surface area (Å²) in [7, 11) is 2.22. The van der Waals surface area contributed by atoms with E-state index in [9.17, 15) is 0 Å². The summed E-state index contributed by atoms with van der Waals surface area (Å²) in [6.07, 6.45) is 1.29. The first kappa shape index (κ1) is 11.4. The lowest BCUT2D eigenvalue weighted by Gasteiger charge is -2.51. The Morgan fingerprint density at radius 2 is 2.20 bits per heavy atom. The molecule has 1 atom stereocenters. The van der Waals surface area contributed by atoms with Crippen LogP contribution in [-0.4, -0.2) is 50.8 Å². The predicted octanol–water partition coefficient (Wildman–Crippen LogP) is 0.953. The summed E-state index contributed by atoms with van der Waals surface area (Å²) in [5, 5.41) is 3.68. The highest BCUT2D eigenvalue weighted by atomic mass is 16.5. The summed E-state index contributed by atoms with van der Waals surface area (Å²) < 4.78 is 5.47. The van der Waals surface area contributed by atoms with Gasteiger partial charge in [0.15, 0.2) is 0 Å². The van der Waals surface area contributed by atoms with Gasteiger partial charge in [-0.1, -0.05) is 13.8 Å². The van der Waals surface area contributed by atoms with Gasteiger partial charge in [-0.05, 0) is 19.4 Å². The third-order valence-electron chi connectivity index (χ3n) is 3.71. The highest BCUT2D eigenvalue weighted by molar-refractivity contribution is 4.99. The molecule has 0 aliphatic carbocycles.